The lowest BCUT2D eigenvalue weighted by molar-refractivity contribution is -0.116. The number of morpholine rings is 1. The monoisotopic (exact) mass is 306 g/mol. The summed E-state index contributed by atoms with van der Waals surface area (Å²) in [7, 11) is 1.54. The van der Waals surface area contributed by atoms with E-state index in [0.717, 1.165) is 6.42 Å². The summed E-state index contributed by atoms with van der Waals surface area (Å²) in [6.07, 6.45) is 1.20. The number of hydrogen-bond donors (Lipinski definition) is 1. The zero-order chi connectivity index (χ0) is 15.9. The molecule has 0 saturated carbocycles. The van der Waals surface area contributed by atoms with E-state index in [1.165, 1.54) is 7.11 Å². The fourth-order valence-corrected chi connectivity index (χ4v) is 2.33. The van der Waals surface area contributed by atoms with E-state index in [1.54, 1.807) is 23.1 Å². The van der Waals surface area contributed by atoms with Gasteiger partial charge in [0.25, 0.3) is 5.91 Å². The van der Waals surface area contributed by atoms with Crippen molar-refractivity contribution in [3.63, 3.8) is 0 Å². The smallest absolute Gasteiger partial charge is 0.254 e. The van der Waals surface area contributed by atoms with Gasteiger partial charge < -0.3 is 19.7 Å². The Morgan fingerprint density at radius 3 is 2.68 bits per heavy atom. The Morgan fingerprint density at radius 1 is 1.32 bits per heavy atom. The molecule has 1 aliphatic rings. The maximum atomic E-state index is 12.5. The van der Waals surface area contributed by atoms with Crippen molar-refractivity contribution in [2.45, 2.75) is 19.8 Å². The predicted octanol–water partition coefficient (Wildman–Crippen LogP) is 1.91. The Balaban J connectivity index is 2.18. The molecule has 1 heterocycles. The third kappa shape index (κ3) is 3.98. The minimum atomic E-state index is -0.0863. The Bertz CT molecular complexity index is 539. The molecule has 0 atom stereocenters. The van der Waals surface area contributed by atoms with E-state index in [4.69, 9.17) is 9.47 Å². The third-order valence-electron chi connectivity index (χ3n) is 3.50. The van der Waals surface area contributed by atoms with Gasteiger partial charge in [-0.25, -0.2) is 0 Å². The normalized spacial score (nSPS) is 14.5. The minimum absolute atomic E-state index is 0.0584. The van der Waals surface area contributed by atoms with Crippen LogP contribution < -0.4 is 10.1 Å². The van der Waals surface area contributed by atoms with Crippen molar-refractivity contribution in [2.24, 2.45) is 0 Å². The van der Waals surface area contributed by atoms with Crippen molar-refractivity contribution in [1.82, 2.24) is 4.90 Å². The molecular formula is C16H22N2O4. The number of rotatable bonds is 5. The van der Waals surface area contributed by atoms with Crippen LogP contribution in [0.1, 0.15) is 30.1 Å². The fourth-order valence-electron chi connectivity index (χ4n) is 2.33. The highest BCUT2D eigenvalue weighted by atomic mass is 16.5. The van der Waals surface area contributed by atoms with E-state index >= 15 is 0 Å². The molecule has 0 unspecified atom stereocenters. The Morgan fingerprint density at radius 2 is 2.05 bits per heavy atom. The molecule has 6 heteroatoms. The molecule has 1 saturated heterocycles. The van der Waals surface area contributed by atoms with Crippen molar-refractivity contribution >= 4 is 17.5 Å². The second-order valence-electron chi connectivity index (χ2n) is 5.12. The number of carbonyl (C=O) groups excluding carboxylic acids is 2. The Labute approximate surface area is 130 Å². The van der Waals surface area contributed by atoms with E-state index in [2.05, 4.69) is 5.32 Å². The number of benzene rings is 1. The third-order valence-corrected chi connectivity index (χ3v) is 3.50. The molecule has 1 N–H and O–H groups in total. The van der Waals surface area contributed by atoms with Crippen LogP contribution in [0.25, 0.3) is 0 Å². The standard InChI is InChI=1S/C16H22N2O4/c1-3-4-15(19)17-13-11-12(5-6-14(13)21-2)16(20)18-7-9-22-10-8-18/h5-6,11H,3-4,7-10H2,1-2H3,(H,17,19). The van der Waals surface area contributed by atoms with Crippen molar-refractivity contribution in [1.29, 1.82) is 0 Å². The number of amides is 2. The largest absolute Gasteiger partial charge is 0.495 e. The highest BCUT2D eigenvalue weighted by Gasteiger charge is 2.20. The summed E-state index contributed by atoms with van der Waals surface area (Å²) in [5.74, 6) is 0.400. The van der Waals surface area contributed by atoms with Gasteiger partial charge in [-0.1, -0.05) is 6.92 Å². The molecule has 2 amide bonds. The van der Waals surface area contributed by atoms with Crippen LogP contribution in [0.3, 0.4) is 0 Å². The second-order valence-corrected chi connectivity index (χ2v) is 5.12. The number of anilines is 1. The van der Waals surface area contributed by atoms with E-state index < -0.39 is 0 Å². The molecule has 1 fully saturated rings. The molecule has 0 aliphatic carbocycles. The Kier molecular flexibility index (Phi) is 5.77. The molecule has 22 heavy (non-hydrogen) atoms. The minimum Gasteiger partial charge on any atom is -0.495 e. The molecule has 0 bridgehead atoms. The van der Waals surface area contributed by atoms with Gasteiger partial charge in [0.1, 0.15) is 5.75 Å². The van der Waals surface area contributed by atoms with Crippen LogP contribution >= 0.6 is 0 Å². The molecule has 1 aromatic carbocycles. The first-order valence-electron chi connectivity index (χ1n) is 7.50. The summed E-state index contributed by atoms with van der Waals surface area (Å²) < 4.78 is 10.5. The van der Waals surface area contributed by atoms with Crippen LogP contribution in [0.4, 0.5) is 5.69 Å². The van der Waals surface area contributed by atoms with Crippen LogP contribution in [0, 0.1) is 0 Å². The summed E-state index contributed by atoms with van der Waals surface area (Å²) >= 11 is 0. The van der Waals surface area contributed by atoms with Crippen molar-refractivity contribution in [3.05, 3.63) is 23.8 Å². The molecule has 1 aromatic rings. The molecule has 6 nitrogen and oxygen atoms in total. The first kappa shape index (κ1) is 16.3. The van der Waals surface area contributed by atoms with Crippen LogP contribution in [0.5, 0.6) is 5.75 Å². The summed E-state index contributed by atoms with van der Waals surface area (Å²) in [4.78, 5) is 26.0. The number of carbonyl (C=O) groups is 2. The zero-order valence-corrected chi connectivity index (χ0v) is 13.1. The van der Waals surface area contributed by atoms with Crippen LogP contribution in [-0.2, 0) is 9.53 Å². The van der Waals surface area contributed by atoms with Gasteiger partial charge in [-0.2, -0.15) is 0 Å². The summed E-state index contributed by atoms with van der Waals surface area (Å²) in [6, 6.07) is 5.09. The van der Waals surface area contributed by atoms with Gasteiger partial charge in [-0.3, -0.25) is 9.59 Å². The summed E-state index contributed by atoms with van der Waals surface area (Å²) in [6.45, 7) is 4.23. The number of hydrogen-bond acceptors (Lipinski definition) is 4. The first-order chi connectivity index (χ1) is 10.7. The van der Waals surface area contributed by atoms with Crippen molar-refractivity contribution < 1.29 is 19.1 Å². The van der Waals surface area contributed by atoms with Gasteiger partial charge in [0.2, 0.25) is 5.91 Å². The SMILES string of the molecule is CCCC(=O)Nc1cc(C(=O)N2CCOCC2)ccc1OC. The molecule has 0 aromatic heterocycles. The topological polar surface area (TPSA) is 67.9 Å². The number of nitrogens with one attached hydrogen (secondary N) is 1. The second kappa shape index (κ2) is 7.79. The quantitative estimate of drug-likeness (QED) is 0.902. The van der Waals surface area contributed by atoms with E-state index in [0.29, 0.717) is 49.7 Å². The maximum absolute atomic E-state index is 12.5. The molecule has 2 rings (SSSR count). The highest BCUT2D eigenvalue weighted by molar-refractivity contribution is 5.98. The van der Waals surface area contributed by atoms with E-state index in [1.807, 2.05) is 6.92 Å². The molecule has 120 valence electrons. The van der Waals surface area contributed by atoms with Crippen LogP contribution in [-0.4, -0.2) is 50.1 Å². The fraction of sp³-hybridized carbons (Fsp3) is 0.500. The maximum Gasteiger partial charge on any atom is 0.254 e. The average Bonchev–Trinajstić information content (AvgIpc) is 2.55. The van der Waals surface area contributed by atoms with Gasteiger partial charge in [0.05, 0.1) is 26.0 Å². The average molecular weight is 306 g/mol. The molecule has 0 spiro atoms. The molecular weight excluding hydrogens is 284 g/mol. The lowest BCUT2D eigenvalue weighted by Crippen LogP contribution is -2.40. The number of methoxy groups -OCH3 is 1. The van der Waals surface area contributed by atoms with Crippen LogP contribution in [0.2, 0.25) is 0 Å². The lowest BCUT2D eigenvalue weighted by Gasteiger charge is -2.27. The number of ether oxygens (including phenoxy) is 2. The molecule has 1 aliphatic heterocycles. The Hall–Kier alpha value is -2.08. The lowest BCUT2D eigenvalue weighted by atomic mass is 10.1. The summed E-state index contributed by atoms with van der Waals surface area (Å²) in [5, 5.41) is 2.80. The van der Waals surface area contributed by atoms with Crippen LogP contribution in [0.15, 0.2) is 18.2 Å². The first-order valence-corrected chi connectivity index (χ1v) is 7.50. The molecule has 0 radical (unpaired) electrons. The van der Waals surface area contributed by atoms with E-state index in [9.17, 15) is 9.59 Å². The van der Waals surface area contributed by atoms with Gasteiger partial charge in [0.15, 0.2) is 0 Å². The summed E-state index contributed by atoms with van der Waals surface area (Å²) in [5.41, 5.74) is 1.06. The van der Waals surface area contributed by atoms with Crippen molar-refractivity contribution in [3.8, 4) is 5.75 Å². The van der Waals surface area contributed by atoms with Gasteiger partial charge in [-0.15, -0.1) is 0 Å². The van der Waals surface area contributed by atoms with Gasteiger partial charge in [-0.05, 0) is 24.6 Å². The predicted molar refractivity (Wildman–Crippen MR) is 83.3 cm³/mol. The zero-order valence-electron chi connectivity index (χ0n) is 13.1. The van der Waals surface area contributed by atoms with Gasteiger partial charge in [0, 0.05) is 25.1 Å². The number of nitrogens with zero attached hydrogens (tertiary/aromatic N) is 1. The highest BCUT2D eigenvalue weighted by Crippen LogP contribution is 2.26. The van der Waals surface area contributed by atoms with Crippen molar-refractivity contribution in [2.75, 3.05) is 38.7 Å². The van der Waals surface area contributed by atoms with E-state index in [-0.39, 0.29) is 11.8 Å². The van der Waals surface area contributed by atoms with Gasteiger partial charge >= 0.3 is 0 Å².